The molecule has 1 aromatic carbocycles. The van der Waals surface area contributed by atoms with Gasteiger partial charge in [0.05, 0.1) is 32.1 Å². The van der Waals surface area contributed by atoms with E-state index in [4.69, 9.17) is 40.5 Å². The number of hydrogen-bond donors (Lipinski definition) is 2. The van der Waals surface area contributed by atoms with Gasteiger partial charge >= 0.3 is 12.4 Å². The molecule has 11 nitrogen and oxygen atoms in total. The van der Waals surface area contributed by atoms with Crippen molar-refractivity contribution in [3.05, 3.63) is 53.8 Å². The summed E-state index contributed by atoms with van der Waals surface area (Å²) in [6.07, 6.45) is 7.87. The highest BCUT2D eigenvalue weighted by Gasteiger charge is 2.18. The van der Waals surface area contributed by atoms with Gasteiger partial charge in [-0.05, 0) is 43.5 Å². The van der Waals surface area contributed by atoms with Crippen LogP contribution in [-0.2, 0) is 18.9 Å². The van der Waals surface area contributed by atoms with E-state index in [-0.39, 0.29) is 25.6 Å². The van der Waals surface area contributed by atoms with E-state index >= 15 is 0 Å². The Balaban J connectivity index is 0.00000800. The fourth-order valence-corrected chi connectivity index (χ4v) is 3.33. The predicted octanol–water partition coefficient (Wildman–Crippen LogP) is 1.44. The van der Waals surface area contributed by atoms with Crippen LogP contribution in [0.3, 0.4) is 0 Å². The summed E-state index contributed by atoms with van der Waals surface area (Å²) < 4.78 is 27.8. The summed E-state index contributed by atoms with van der Waals surface area (Å²) in [7, 11) is 1.58. The van der Waals surface area contributed by atoms with Crippen LogP contribution >= 0.6 is 11.6 Å². The number of halogens is 2. The van der Waals surface area contributed by atoms with Crippen LogP contribution < -0.4 is 32.3 Å². The molecule has 0 amide bonds. The number of anilines is 1. The Kier molecular flexibility index (Phi) is 18.7. The first-order chi connectivity index (χ1) is 19.0. The zero-order valence-corrected chi connectivity index (χ0v) is 24.3. The zero-order chi connectivity index (χ0) is 28.1. The Labute approximate surface area is 246 Å². The van der Waals surface area contributed by atoms with Gasteiger partial charge in [-0.15, -0.1) is 0 Å². The summed E-state index contributed by atoms with van der Waals surface area (Å²) in [5.41, 5.74) is 0.718. The van der Waals surface area contributed by atoms with Gasteiger partial charge in [0.15, 0.2) is 18.6 Å². The lowest BCUT2D eigenvalue weighted by atomic mass is 10.2. The van der Waals surface area contributed by atoms with Gasteiger partial charge in [-0.25, -0.2) is 4.79 Å². The Morgan fingerprint density at radius 1 is 1.02 bits per heavy atom. The summed E-state index contributed by atoms with van der Waals surface area (Å²) in [4.78, 5) is 16.3. The van der Waals surface area contributed by atoms with Gasteiger partial charge in [-0.2, -0.15) is 9.83 Å². The number of guanidine groups is 1. The van der Waals surface area contributed by atoms with E-state index in [2.05, 4.69) is 15.6 Å². The van der Waals surface area contributed by atoms with Crippen molar-refractivity contribution in [1.29, 1.82) is 5.26 Å². The van der Waals surface area contributed by atoms with Crippen molar-refractivity contribution in [3.8, 4) is 11.9 Å². The number of aromatic nitrogens is 1. The van der Waals surface area contributed by atoms with Crippen LogP contribution in [0.4, 0.5) is 10.5 Å². The van der Waals surface area contributed by atoms with Gasteiger partial charge in [0.1, 0.15) is 12.4 Å². The van der Waals surface area contributed by atoms with Gasteiger partial charge in [0.2, 0.25) is 5.96 Å². The number of methoxy groups -OCH3 is 1. The van der Waals surface area contributed by atoms with E-state index in [1.54, 1.807) is 43.1 Å². The largest absolute Gasteiger partial charge is 1.00 e. The average Bonchev–Trinajstić information content (AvgIpc) is 2.93. The standard InChI is InChI=1S/C27H36ClN5O6.ClH/c1-22(39-27(34)38-20-19-36-18-17-35-2)33-14-11-24(12-15-33)32-26(31-21-29)30-13-5-3-4-6-16-37-25-9-7-23(28)8-10-25;/h7-12,14-15,22H,3-6,13,16-20H2,1-2H3,(H,30,31);1H. The molecule has 0 aliphatic carbocycles. The monoisotopic (exact) mass is 597 g/mol. The first kappa shape index (κ1) is 34.7. The minimum Gasteiger partial charge on any atom is -1.00 e. The third-order valence-electron chi connectivity index (χ3n) is 5.26. The Hall–Kier alpha value is -3.30. The minimum atomic E-state index is -0.783. The Morgan fingerprint density at radius 3 is 2.42 bits per heavy atom. The van der Waals surface area contributed by atoms with Gasteiger partial charge in [0.25, 0.3) is 0 Å². The van der Waals surface area contributed by atoms with Crippen molar-refractivity contribution < 1.29 is 45.5 Å². The van der Waals surface area contributed by atoms with Gasteiger partial charge in [-0.1, -0.05) is 18.0 Å². The highest BCUT2D eigenvalue weighted by molar-refractivity contribution is 6.30. The number of ether oxygens (including phenoxy) is 5. The fourth-order valence-electron chi connectivity index (χ4n) is 3.21. The van der Waals surface area contributed by atoms with E-state index in [1.165, 1.54) is 0 Å². The molecular formula is C27H37Cl2N5O6. The van der Waals surface area contributed by atoms with Crippen molar-refractivity contribution in [2.75, 3.05) is 52.0 Å². The summed E-state index contributed by atoms with van der Waals surface area (Å²) in [6, 6.07) is 10.9. The SMILES string of the molecule is COCCOCCOC(=O)OC(C)[n+]1ccc(N/C(=N\CCCCCCOc2ccc(Cl)cc2)NC#N)cc1.[Cl-]. The number of nitrogens with zero attached hydrogens (tertiary/aromatic N) is 3. The van der Waals surface area contributed by atoms with Crippen LogP contribution in [0, 0.1) is 11.5 Å². The molecule has 13 heteroatoms. The topological polar surface area (TPSA) is 127 Å². The van der Waals surface area contributed by atoms with Gasteiger partial charge < -0.3 is 41.4 Å². The first-order valence-corrected chi connectivity index (χ1v) is 13.2. The van der Waals surface area contributed by atoms with Crippen molar-refractivity contribution in [2.45, 2.75) is 38.8 Å². The molecule has 0 saturated heterocycles. The van der Waals surface area contributed by atoms with Crippen LogP contribution in [0.15, 0.2) is 53.8 Å². The summed E-state index contributed by atoms with van der Waals surface area (Å²) >= 11 is 5.87. The lowest BCUT2D eigenvalue weighted by molar-refractivity contribution is -0.753. The molecule has 0 saturated carbocycles. The molecule has 0 radical (unpaired) electrons. The molecule has 2 N–H and O–H groups in total. The molecule has 0 spiro atoms. The molecule has 0 aliphatic rings. The number of rotatable bonds is 17. The number of unbranched alkanes of at least 4 members (excludes halogenated alkanes) is 3. The summed E-state index contributed by atoms with van der Waals surface area (Å²) in [5.74, 6) is 1.18. The lowest BCUT2D eigenvalue weighted by Gasteiger charge is -2.11. The maximum Gasteiger partial charge on any atom is 0.513 e. The molecule has 2 rings (SSSR count). The molecule has 40 heavy (non-hydrogen) atoms. The maximum absolute atomic E-state index is 11.9. The molecule has 2 aromatic rings. The average molecular weight is 599 g/mol. The number of nitrogens with one attached hydrogen (secondary N) is 2. The van der Waals surface area contributed by atoms with E-state index in [9.17, 15) is 4.79 Å². The Morgan fingerprint density at radius 2 is 1.73 bits per heavy atom. The second kappa shape index (κ2) is 21.5. The van der Waals surface area contributed by atoms with E-state index in [0.29, 0.717) is 37.3 Å². The molecule has 1 unspecified atom stereocenters. The number of benzene rings is 1. The first-order valence-electron chi connectivity index (χ1n) is 12.8. The normalized spacial score (nSPS) is 11.5. The molecule has 220 valence electrons. The van der Waals surface area contributed by atoms with Crippen LogP contribution in [0.1, 0.15) is 38.8 Å². The molecule has 1 heterocycles. The molecule has 1 aromatic heterocycles. The molecular weight excluding hydrogens is 561 g/mol. The zero-order valence-electron chi connectivity index (χ0n) is 22.8. The van der Waals surface area contributed by atoms with Crippen LogP contribution in [-0.4, -0.2) is 58.8 Å². The highest BCUT2D eigenvalue weighted by Crippen LogP contribution is 2.16. The predicted molar refractivity (Wildman–Crippen MR) is 147 cm³/mol. The van der Waals surface area contributed by atoms with Crippen molar-refractivity contribution in [3.63, 3.8) is 0 Å². The minimum absolute atomic E-state index is 0. The number of carbonyl (C=O) groups excluding carboxylic acids is 1. The Bertz CT molecular complexity index is 1040. The van der Waals surface area contributed by atoms with Crippen molar-refractivity contribution in [2.24, 2.45) is 4.99 Å². The lowest BCUT2D eigenvalue weighted by Crippen LogP contribution is -3.00. The number of hydrogen-bond acceptors (Lipinski definition) is 8. The van der Waals surface area contributed by atoms with Crippen molar-refractivity contribution in [1.82, 2.24) is 5.32 Å². The van der Waals surface area contributed by atoms with Crippen molar-refractivity contribution >= 4 is 29.4 Å². The number of pyridine rings is 1. The second-order valence-corrected chi connectivity index (χ2v) is 8.70. The molecule has 1 atom stereocenters. The third-order valence-corrected chi connectivity index (χ3v) is 5.51. The number of carbonyl (C=O) groups is 1. The maximum atomic E-state index is 11.9. The van der Waals surface area contributed by atoms with E-state index in [0.717, 1.165) is 37.1 Å². The summed E-state index contributed by atoms with van der Waals surface area (Å²) in [5, 5.41) is 15.4. The number of aliphatic imine (C=N–C) groups is 1. The van der Waals surface area contributed by atoms with E-state index in [1.807, 2.05) is 30.5 Å². The smallest absolute Gasteiger partial charge is 0.513 e. The summed E-state index contributed by atoms with van der Waals surface area (Å²) in [6.45, 7) is 4.21. The quantitative estimate of drug-likeness (QED) is 0.0529. The van der Waals surface area contributed by atoms with E-state index < -0.39 is 12.4 Å². The van der Waals surface area contributed by atoms with Gasteiger partial charge in [0, 0.05) is 37.7 Å². The highest BCUT2D eigenvalue weighted by atomic mass is 35.5. The van der Waals surface area contributed by atoms with Crippen LogP contribution in [0.2, 0.25) is 5.02 Å². The number of nitriles is 1. The molecule has 0 aliphatic heterocycles. The van der Waals surface area contributed by atoms with Crippen LogP contribution in [0.25, 0.3) is 0 Å². The molecule has 0 bridgehead atoms. The fraction of sp³-hybridized carbons (Fsp3) is 0.481. The van der Waals surface area contributed by atoms with Gasteiger partial charge in [-0.3, -0.25) is 10.3 Å². The third kappa shape index (κ3) is 15.3. The molecule has 0 fully saturated rings. The second-order valence-electron chi connectivity index (χ2n) is 8.26. The van der Waals surface area contributed by atoms with Crippen LogP contribution in [0.5, 0.6) is 5.75 Å².